The van der Waals surface area contributed by atoms with Crippen molar-refractivity contribution in [2.45, 2.75) is 20.3 Å². The first-order valence-corrected chi connectivity index (χ1v) is 6.34. The molecule has 0 amide bonds. The van der Waals surface area contributed by atoms with Crippen molar-refractivity contribution >= 4 is 27.1 Å². The number of nitrogens with zero attached hydrogens (tertiary/aromatic N) is 1. The Labute approximate surface area is 100 Å². The summed E-state index contributed by atoms with van der Waals surface area (Å²) in [5.41, 5.74) is 2.40. The third-order valence-corrected chi connectivity index (χ3v) is 3.55. The Morgan fingerprint density at radius 1 is 1.38 bits per heavy atom. The second-order valence-electron chi connectivity index (χ2n) is 3.56. The first-order valence-electron chi connectivity index (χ1n) is 5.53. The van der Waals surface area contributed by atoms with E-state index in [9.17, 15) is 0 Å². The summed E-state index contributed by atoms with van der Waals surface area (Å²) >= 11 is 1.77. The van der Waals surface area contributed by atoms with E-state index in [2.05, 4.69) is 42.3 Å². The molecule has 2 heteroatoms. The zero-order chi connectivity index (χ0) is 11.4. The maximum atomic E-state index is 4.65. The smallest absolute Gasteiger partial charge is 0.120 e. The summed E-state index contributed by atoms with van der Waals surface area (Å²) in [4.78, 5) is 4.65. The van der Waals surface area contributed by atoms with Crippen LogP contribution in [0.2, 0.25) is 0 Å². The molecule has 0 N–H and O–H groups in total. The molecule has 0 saturated carbocycles. The molecule has 0 atom stereocenters. The highest BCUT2D eigenvalue weighted by molar-refractivity contribution is 7.19. The van der Waals surface area contributed by atoms with Gasteiger partial charge in [-0.25, -0.2) is 4.98 Å². The summed E-state index contributed by atoms with van der Waals surface area (Å²) in [6.45, 7) is 4.20. The molecule has 0 bridgehead atoms. The van der Waals surface area contributed by atoms with Crippen molar-refractivity contribution in [2.24, 2.45) is 0 Å². The summed E-state index contributed by atoms with van der Waals surface area (Å²) in [5, 5.41) is 1.14. The summed E-state index contributed by atoms with van der Waals surface area (Å²) in [6, 6.07) is 8.29. The van der Waals surface area contributed by atoms with Crippen LogP contribution in [0.25, 0.3) is 15.8 Å². The fraction of sp³-hybridized carbons (Fsp3) is 0.214. The minimum atomic E-state index is 1.02. The number of thiazole rings is 1. The largest absolute Gasteiger partial charge is 0.236 e. The van der Waals surface area contributed by atoms with Crippen LogP contribution in [0.4, 0.5) is 0 Å². The van der Waals surface area contributed by atoms with E-state index in [-0.39, 0.29) is 0 Å². The van der Waals surface area contributed by atoms with E-state index in [0.29, 0.717) is 0 Å². The van der Waals surface area contributed by atoms with Gasteiger partial charge in [0.2, 0.25) is 0 Å². The molecule has 82 valence electrons. The number of rotatable bonds is 3. The molecule has 0 spiro atoms. The number of aromatic nitrogens is 1. The highest BCUT2D eigenvalue weighted by Crippen LogP contribution is 2.28. The number of para-hydroxylation sites is 1. The molecule has 0 saturated heterocycles. The topological polar surface area (TPSA) is 12.9 Å². The zero-order valence-corrected chi connectivity index (χ0v) is 10.4. The monoisotopic (exact) mass is 229 g/mol. The van der Waals surface area contributed by atoms with Crippen LogP contribution in [0.5, 0.6) is 0 Å². The molecule has 1 aromatic carbocycles. The van der Waals surface area contributed by atoms with Gasteiger partial charge in [0, 0.05) is 0 Å². The number of benzene rings is 1. The van der Waals surface area contributed by atoms with Crippen molar-refractivity contribution in [3.8, 4) is 0 Å². The van der Waals surface area contributed by atoms with Crippen LogP contribution in [0, 0.1) is 0 Å². The van der Waals surface area contributed by atoms with E-state index >= 15 is 0 Å². The number of fused-ring (bicyclic) bond motifs is 1. The van der Waals surface area contributed by atoms with Crippen LogP contribution in [-0.4, -0.2) is 4.98 Å². The Morgan fingerprint density at radius 3 is 2.88 bits per heavy atom. The van der Waals surface area contributed by atoms with Crippen molar-refractivity contribution in [3.63, 3.8) is 0 Å². The highest BCUT2D eigenvalue weighted by Gasteiger charge is 2.05. The minimum Gasteiger partial charge on any atom is -0.236 e. The summed E-state index contributed by atoms with van der Waals surface area (Å²) in [5.74, 6) is 0. The highest BCUT2D eigenvalue weighted by atomic mass is 32.1. The average Bonchev–Trinajstić information content (AvgIpc) is 2.73. The molecule has 1 aromatic heterocycles. The molecule has 1 nitrogen and oxygen atoms in total. The van der Waals surface area contributed by atoms with E-state index < -0.39 is 0 Å². The van der Waals surface area contributed by atoms with Crippen LogP contribution in [-0.2, 0) is 0 Å². The molecule has 2 aromatic rings. The molecule has 0 aliphatic carbocycles. The van der Waals surface area contributed by atoms with E-state index in [1.54, 1.807) is 11.3 Å². The number of allylic oxidation sites excluding steroid dienone is 4. The molecule has 0 aliphatic heterocycles. The fourth-order valence-electron chi connectivity index (χ4n) is 1.56. The van der Waals surface area contributed by atoms with Crippen LogP contribution in [0.3, 0.4) is 0 Å². The van der Waals surface area contributed by atoms with E-state index in [4.69, 9.17) is 0 Å². The van der Waals surface area contributed by atoms with Gasteiger partial charge in [0.25, 0.3) is 0 Å². The molecule has 0 unspecified atom stereocenters. The normalized spacial score (nSPS) is 12.8. The minimum absolute atomic E-state index is 1.02. The molecule has 0 fully saturated rings. The van der Waals surface area contributed by atoms with Crippen LogP contribution < -0.4 is 0 Å². The van der Waals surface area contributed by atoms with Gasteiger partial charge in [-0.3, -0.25) is 0 Å². The van der Waals surface area contributed by atoms with Crippen LogP contribution in [0.15, 0.2) is 42.5 Å². The SMILES string of the molecule is CC=CC=C(CC)c1nc2ccccc2s1. The van der Waals surface area contributed by atoms with Gasteiger partial charge in [-0.15, -0.1) is 11.3 Å². The summed E-state index contributed by atoms with van der Waals surface area (Å²) in [6.07, 6.45) is 7.29. The van der Waals surface area contributed by atoms with Gasteiger partial charge in [0.1, 0.15) is 5.01 Å². The first-order chi connectivity index (χ1) is 7.85. The van der Waals surface area contributed by atoms with Gasteiger partial charge >= 0.3 is 0 Å². The van der Waals surface area contributed by atoms with Crippen molar-refractivity contribution in [1.29, 1.82) is 0 Å². The molecule has 0 radical (unpaired) electrons. The lowest BCUT2D eigenvalue weighted by Crippen LogP contribution is -1.79. The van der Waals surface area contributed by atoms with E-state index in [1.807, 2.05) is 19.1 Å². The second kappa shape index (κ2) is 5.08. The van der Waals surface area contributed by atoms with Crippen molar-refractivity contribution in [3.05, 3.63) is 47.5 Å². The molecule has 16 heavy (non-hydrogen) atoms. The molecular formula is C14H15NS. The Hall–Kier alpha value is -1.41. The standard InChI is InChI=1S/C14H15NS/c1-3-5-8-11(4-2)14-15-12-9-6-7-10-13(12)16-14/h3,5-10H,4H2,1-2H3. The molecule has 2 rings (SSSR count). The van der Waals surface area contributed by atoms with Crippen molar-refractivity contribution in [1.82, 2.24) is 4.98 Å². The predicted octanol–water partition coefficient (Wildman–Crippen LogP) is 4.67. The van der Waals surface area contributed by atoms with Gasteiger partial charge in [0.15, 0.2) is 0 Å². The molecule has 1 heterocycles. The zero-order valence-electron chi connectivity index (χ0n) is 9.60. The summed E-state index contributed by atoms with van der Waals surface area (Å²) < 4.78 is 1.26. The van der Waals surface area contributed by atoms with Gasteiger partial charge in [-0.05, 0) is 31.1 Å². The van der Waals surface area contributed by atoms with Gasteiger partial charge in [-0.1, -0.05) is 37.3 Å². The van der Waals surface area contributed by atoms with E-state index in [1.165, 1.54) is 10.3 Å². The van der Waals surface area contributed by atoms with Crippen molar-refractivity contribution in [2.75, 3.05) is 0 Å². The maximum absolute atomic E-state index is 4.65. The first kappa shape index (κ1) is 11.1. The van der Waals surface area contributed by atoms with Crippen LogP contribution in [0.1, 0.15) is 25.3 Å². The maximum Gasteiger partial charge on any atom is 0.120 e. The Morgan fingerprint density at radius 2 is 2.19 bits per heavy atom. The molecule has 0 aliphatic rings. The van der Waals surface area contributed by atoms with Gasteiger partial charge in [-0.2, -0.15) is 0 Å². The van der Waals surface area contributed by atoms with Gasteiger partial charge < -0.3 is 0 Å². The Balaban J connectivity index is 2.45. The number of hydrogen-bond donors (Lipinski definition) is 0. The van der Waals surface area contributed by atoms with Gasteiger partial charge in [0.05, 0.1) is 10.2 Å². The quantitative estimate of drug-likeness (QED) is 0.697. The third kappa shape index (κ3) is 2.22. The lowest BCUT2D eigenvalue weighted by Gasteiger charge is -1.96. The van der Waals surface area contributed by atoms with Crippen LogP contribution >= 0.6 is 11.3 Å². The predicted molar refractivity (Wildman–Crippen MR) is 72.7 cm³/mol. The molecular weight excluding hydrogens is 214 g/mol. The lowest BCUT2D eigenvalue weighted by atomic mass is 10.2. The fourth-order valence-corrected chi connectivity index (χ4v) is 2.62. The second-order valence-corrected chi connectivity index (χ2v) is 4.59. The van der Waals surface area contributed by atoms with E-state index in [0.717, 1.165) is 16.9 Å². The lowest BCUT2D eigenvalue weighted by molar-refractivity contribution is 1.22. The Kier molecular flexibility index (Phi) is 3.52. The number of hydrogen-bond acceptors (Lipinski definition) is 2. The third-order valence-electron chi connectivity index (χ3n) is 2.44. The average molecular weight is 229 g/mol. The van der Waals surface area contributed by atoms with Crippen molar-refractivity contribution < 1.29 is 0 Å². The summed E-state index contributed by atoms with van der Waals surface area (Å²) in [7, 11) is 0. The Bertz CT molecular complexity index is 501.